The van der Waals surface area contributed by atoms with Crippen LogP contribution in [-0.2, 0) is 0 Å². The third-order valence-electron chi connectivity index (χ3n) is 5.54. The number of fused-ring (bicyclic) bond motifs is 1. The highest BCUT2D eigenvalue weighted by Crippen LogP contribution is 2.27. The van der Waals surface area contributed by atoms with Crippen LogP contribution in [0.5, 0.6) is 0 Å². The van der Waals surface area contributed by atoms with Gasteiger partial charge in [-0.15, -0.1) is 6.42 Å². The number of carbonyl (C=O) groups is 1. The molecule has 198 valence electrons. The van der Waals surface area contributed by atoms with E-state index in [1.807, 2.05) is 25.1 Å². The van der Waals surface area contributed by atoms with E-state index in [0.29, 0.717) is 33.5 Å². The van der Waals surface area contributed by atoms with Crippen molar-refractivity contribution < 1.29 is 18.0 Å². The van der Waals surface area contributed by atoms with Gasteiger partial charge in [0.25, 0.3) is 5.91 Å². The van der Waals surface area contributed by atoms with E-state index in [1.54, 1.807) is 72.9 Å². The quantitative estimate of drug-likeness (QED) is 0.168. The van der Waals surface area contributed by atoms with Gasteiger partial charge in [-0.3, -0.25) is 9.78 Å². The first-order chi connectivity index (χ1) is 19.2. The summed E-state index contributed by atoms with van der Waals surface area (Å²) in [6.45, 7) is 1.91. The summed E-state index contributed by atoms with van der Waals surface area (Å²) in [4.78, 5) is 17.0. The Labute approximate surface area is 229 Å². The molecule has 1 aromatic heterocycles. The summed E-state index contributed by atoms with van der Waals surface area (Å²) in [5.41, 5.74) is 5.02. The van der Waals surface area contributed by atoms with Crippen LogP contribution < -0.4 is 16.0 Å². The van der Waals surface area contributed by atoms with Gasteiger partial charge in [-0.2, -0.15) is 13.2 Å². The molecular formula is C32H23F3N4O. The van der Waals surface area contributed by atoms with Gasteiger partial charge in [0.15, 0.2) is 0 Å². The standard InChI is InChI=1S/C32H23F3N4O/c1-3-4-5-6-22(2)37-25-12-14-27(15-13-25)39-31(40)24-8-10-26(11-9-24)38-30-18-20-36-29-16-7-23(21-28(29)30)17-19-32(33,34)35/h1,4-16,18,20-21,37H,2H3,(H,36,38)(H,39,40)/b5-4-,22-6+. The Hall–Kier alpha value is -5.47. The average molecular weight is 537 g/mol. The van der Waals surface area contributed by atoms with Crippen molar-refractivity contribution in [3.05, 3.63) is 114 Å². The monoisotopic (exact) mass is 536 g/mol. The third kappa shape index (κ3) is 7.77. The van der Waals surface area contributed by atoms with Crippen molar-refractivity contribution in [2.45, 2.75) is 13.1 Å². The second kappa shape index (κ2) is 12.4. The molecule has 0 fully saturated rings. The number of nitrogens with one attached hydrogen (secondary N) is 3. The number of aromatic nitrogens is 1. The molecule has 1 amide bonds. The predicted molar refractivity (Wildman–Crippen MR) is 154 cm³/mol. The summed E-state index contributed by atoms with van der Waals surface area (Å²) in [6.07, 6.45) is 7.44. The molecule has 0 atom stereocenters. The van der Waals surface area contributed by atoms with E-state index in [0.717, 1.165) is 11.4 Å². The molecule has 0 unspecified atom stereocenters. The number of hydrogen-bond acceptors (Lipinski definition) is 4. The Balaban J connectivity index is 1.42. The van der Waals surface area contributed by atoms with Crippen LogP contribution in [0.4, 0.5) is 35.9 Å². The molecule has 0 saturated carbocycles. The van der Waals surface area contributed by atoms with Crippen LogP contribution in [-0.4, -0.2) is 17.1 Å². The van der Waals surface area contributed by atoms with Crippen molar-refractivity contribution in [1.29, 1.82) is 0 Å². The normalized spacial score (nSPS) is 11.4. The van der Waals surface area contributed by atoms with Gasteiger partial charge in [-0.1, -0.05) is 17.9 Å². The average Bonchev–Trinajstić information content (AvgIpc) is 2.93. The van der Waals surface area contributed by atoms with Gasteiger partial charge >= 0.3 is 6.18 Å². The molecule has 0 saturated heterocycles. The zero-order valence-electron chi connectivity index (χ0n) is 21.3. The molecular weight excluding hydrogens is 513 g/mol. The minimum absolute atomic E-state index is 0.223. The van der Waals surface area contributed by atoms with E-state index in [9.17, 15) is 18.0 Å². The molecule has 4 aromatic rings. The predicted octanol–water partition coefficient (Wildman–Crippen LogP) is 7.65. The fourth-order valence-corrected chi connectivity index (χ4v) is 3.69. The van der Waals surface area contributed by atoms with Crippen molar-refractivity contribution in [3.8, 4) is 24.2 Å². The summed E-state index contributed by atoms with van der Waals surface area (Å²) >= 11 is 0. The minimum atomic E-state index is -4.57. The molecule has 0 radical (unpaired) electrons. The lowest BCUT2D eigenvalue weighted by Gasteiger charge is -2.11. The molecule has 40 heavy (non-hydrogen) atoms. The number of nitrogens with zero attached hydrogens (tertiary/aromatic N) is 1. The lowest BCUT2D eigenvalue weighted by Crippen LogP contribution is -2.11. The smallest absolute Gasteiger partial charge is 0.359 e. The van der Waals surface area contributed by atoms with Gasteiger partial charge in [0, 0.05) is 57.1 Å². The molecule has 4 rings (SSSR count). The first kappa shape index (κ1) is 27.6. The van der Waals surface area contributed by atoms with Gasteiger partial charge < -0.3 is 16.0 Å². The van der Waals surface area contributed by atoms with Gasteiger partial charge in [0.2, 0.25) is 0 Å². The van der Waals surface area contributed by atoms with Crippen LogP contribution in [0.25, 0.3) is 10.9 Å². The van der Waals surface area contributed by atoms with E-state index >= 15 is 0 Å². The number of benzene rings is 3. The molecule has 0 aliphatic heterocycles. The zero-order valence-corrected chi connectivity index (χ0v) is 21.3. The highest BCUT2D eigenvalue weighted by molar-refractivity contribution is 6.04. The lowest BCUT2D eigenvalue weighted by atomic mass is 10.1. The Morgan fingerprint density at radius 2 is 1.60 bits per heavy atom. The topological polar surface area (TPSA) is 66.0 Å². The van der Waals surface area contributed by atoms with Crippen molar-refractivity contribution >= 4 is 39.6 Å². The molecule has 1 heterocycles. The molecule has 5 nitrogen and oxygen atoms in total. The van der Waals surface area contributed by atoms with Gasteiger partial charge in [-0.25, -0.2) is 0 Å². The molecule has 0 aliphatic carbocycles. The van der Waals surface area contributed by atoms with Crippen LogP contribution in [0.2, 0.25) is 0 Å². The maximum absolute atomic E-state index is 12.8. The van der Waals surface area contributed by atoms with Gasteiger partial charge in [-0.05, 0) is 91.9 Å². The summed E-state index contributed by atoms with van der Waals surface area (Å²) < 4.78 is 37.5. The second-order valence-electron chi connectivity index (χ2n) is 8.57. The molecule has 0 bridgehead atoms. The molecule has 3 N–H and O–H groups in total. The van der Waals surface area contributed by atoms with Crippen LogP contribution in [0.15, 0.2) is 103 Å². The number of terminal acetylenes is 1. The van der Waals surface area contributed by atoms with Crippen molar-refractivity contribution in [1.82, 2.24) is 4.98 Å². The first-order valence-corrected chi connectivity index (χ1v) is 12.0. The summed E-state index contributed by atoms with van der Waals surface area (Å²) in [5, 5.41) is 9.95. The second-order valence-corrected chi connectivity index (χ2v) is 8.57. The number of allylic oxidation sites excluding steroid dienone is 4. The van der Waals surface area contributed by atoms with E-state index in [4.69, 9.17) is 6.42 Å². The fourth-order valence-electron chi connectivity index (χ4n) is 3.69. The van der Waals surface area contributed by atoms with E-state index in [2.05, 4.69) is 32.8 Å². The SMILES string of the molecule is C#C/C=C\C=C(/C)Nc1ccc(NC(=O)c2ccc(Nc3ccnc4ccc(C#CC(F)(F)F)cc34)cc2)cc1. The van der Waals surface area contributed by atoms with Crippen LogP contribution >= 0.6 is 0 Å². The fraction of sp³-hybridized carbons (Fsp3) is 0.0625. The molecule has 8 heteroatoms. The number of alkyl halides is 3. The highest BCUT2D eigenvalue weighted by Gasteiger charge is 2.23. The molecule has 0 spiro atoms. The van der Waals surface area contributed by atoms with Gasteiger partial charge in [0.05, 0.1) is 5.52 Å². The first-order valence-electron chi connectivity index (χ1n) is 12.0. The summed E-state index contributed by atoms with van der Waals surface area (Å²) in [5.74, 6) is 5.57. The summed E-state index contributed by atoms with van der Waals surface area (Å²) in [6, 6.07) is 20.5. The number of halogens is 3. The van der Waals surface area contributed by atoms with Crippen molar-refractivity contribution in [2.75, 3.05) is 16.0 Å². The Bertz CT molecular complexity index is 1690. The zero-order chi connectivity index (χ0) is 28.5. The number of hydrogen-bond donors (Lipinski definition) is 3. The van der Waals surface area contributed by atoms with E-state index < -0.39 is 6.18 Å². The number of anilines is 4. The Kier molecular flexibility index (Phi) is 8.53. The van der Waals surface area contributed by atoms with Crippen LogP contribution in [0.1, 0.15) is 22.8 Å². The number of pyridine rings is 1. The number of amides is 1. The molecule has 3 aromatic carbocycles. The summed E-state index contributed by atoms with van der Waals surface area (Å²) in [7, 11) is 0. The number of rotatable bonds is 7. The lowest BCUT2D eigenvalue weighted by molar-refractivity contribution is -0.0696. The largest absolute Gasteiger partial charge is 0.458 e. The Morgan fingerprint density at radius 1 is 0.925 bits per heavy atom. The van der Waals surface area contributed by atoms with Crippen molar-refractivity contribution in [3.63, 3.8) is 0 Å². The minimum Gasteiger partial charge on any atom is -0.359 e. The number of carbonyl (C=O) groups excluding carboxylic acids is 1. The highest BCUT2D eigenvalue weighted by atomic mass is 19.4. The van der Waals surface area contributed by atoms with Crippen LogP contribution in [0, 0.1) is 24.2 Å². The third-order valence-corrected chi connectivity index (χ3v) is 5.54. The van der Waals surface area contributed by atoms with Crippen molar-refractivity contribution in [2.24, 2.45) is 0 Å². The van der Waals surface area contributed by atoms with E-state index in [1.165, 1.54) is 12.0 Å². The van der Waals surface area contributed by atoms with Gasteiger partial charge in [0.1, 0.15) is 0 Å². The maximum Gasteiger partial charge on any atom is 0.458 e. The molecule has 0 aliphatic rings. The maximum atomic E-state index is 12.8. The van der Waals surface area contributed by atoms with E-state index in [-0.39, 0.29) is 11.5 Å². The Morgan fingerprint density at radius 3 is 2.27 bits per heavy atom. The van der Waals surface area contributed by atoms with Crippen LogP contribution in [0.3, 0.4) is 0 Å².